The minimum atomic E-state index is -1.19. The molecule has 0 amide bonds. The maximum absolute atomic E-state index is 13.5. The number of carboxylic acids is 1. The van der Waals surface area contributed by atoms with Crippen molar-refractivity contribution in [2.24, 2.45) is 0 Å². The Morgan fingerprint density at radius 2 is 0.930 bits per heavy atom. The molecule has 2 aromatic rings. The molecular weight excluding hydrogens is 575 g/mol. The summed E-state index contributed by atoms with van der Waals surface area (Å²) in [4.78, 5) is 25.4. The Labute approximate surface area is 272 Å². The van der Waals surface area contributed by atoms with Crippen LogP contribution < -0.4 is 0 Å². The summed E-state index contributed by atoms with van der Waals surface area (Å²) in [5.41, 5.74) is 3.01. The van der Waals surface area contributed by atoms with Crippen LogP contribution in [0, 0.1) is 0 Å². The molecule has 0 spiro atoms. The van der Waals surface area contributed by atoms with Gasteiger partial charge < -0.3 is 5.11 Å². The Morgan fingerprint density at radius 3 is 1.37 bits per heavy atom. The summed E-state index contributed by atoms with van der Waals surface area (Å²) < 4.78 is 0. The third-order valence-corrected chi connectivity index (χ3v) is 9.33. The highest BCUT2D eigenvalue weighted by atomic mass is 35.5. The highest BCUT2D eigenvalue weighted by Gasteiger charge is 2.21. The molecule has 0 fully saturated rings. The molecule has 0 atom stereocenters. The van der Waals surface area contributed by atoms with Crippen molar-refractivity contribution < 1.29 is 14.7 Å². The average molecular weight is 632 g/mol. The van der Waals surface area contributed by atoms with Gasteiger partial charge in [0, 0.05) is 11.1 Å². The number of carbonyl (C=O) groups excluding carboxylic acids is 1. The molecule has 0 radical (unpaired) electrons. The Balaban J connectivity index is 1.99. The van der Waals surface area contributed by atoms with E-state index in [1.165, 1.54) is 139 Å². The Bertz CT molecular complexity index is 1090. The Morgan fingerprint density at radius 1 is 0.535 bits per heavy atom. The zero-order valence-corrected chi connectivity index (χ0v) is 28.5. The van der Waals surface area contributed by atoms with E-state index in [9.17, 15) is 14.7 Å². The van der Waals surface area contributed by atoms with Crippen LogP contribution in [0.1, 0.15) is 180 Å². The lowest BCUT2D eigenvalue weighted by Crippen LogP contribution is -2.11. The first-order valence-electron chi connectivity index (χ1n) is 17.3. The molecule has 0 aromatic heterocycles. The van der Waals surface area contributed by atoms with Crippen molar-refractivity contribution in [3.63, 3.8) is 0 Å². The van der Waals surface area contributed by atoms with Crippen LogP contribution >= 0.6 is 23.2 Å². The molecule has 3 nitrogen and oxygen atoms in total. The van der Waals surface area contributed by atoms with E-state index in [1.54, 1.807) is 0 Å². The SMILES string of the molecule is CCCCCCCCCCCCc1ccc(C(=O)c2cc(Cl)c(Cl)cc2C(=O)O)cc1CCCCCCCCCCCC. The third-order valence-electron chi connectivity index (χ3n) is 8.60. The van der Waals surface area contributed by atoms with E-state index in [4.69, 9.17) is 23.2 Å². The highest BCUT2D eigenvalue weighted by molar-refractivity contribution is 6.42. The van der Waals surface area contributed by atoms with Crippen LogP contribution in [0.15, 0.2) is 30.3 Å². The second-order valence-electron chi connectivity index (χ2n) is 12.3. The normalized spacial score (nSPS) is 11.3. The van der Waals surface area contributed by atoms with E-state index < -0.39 is 5.97 Å². The van der Waals surface area contributed by atoms with Crippen molar-refractivity contribution in [3.8, 4) is 0 Å². The highest BCUT2D eigenvalue weighted by Crippen LogP contribution is 2.29. The number of aromatic carboxylic acids is 1. The zero-order chi connectivity index (χ0) is 31.3. The Kier molecular flexibility index (Phi) is 19.7. The lowest BCUT2D eigenvalue weighted by molar-refractivity contribution is 0.0692. The molecule has 240 valence electrons. The van der Waals surface area contributed by atoms with Gasteiger partial charge in [-0.25, -0.2) is 4.79 Å². The van der Waals surface area contributed by atoms with Crippen LogP contribution in [0.5, 0.6) is 0 Å². The summed E-state index contributed by atoms with van der Waals surface area (Å²) in [6.45, 7) is 4.52. The number of rotatable bonds is 25. The van der Waals surface area contributed by atoms with Crippen molar-refractivity contribution in [1.82, 2.24) is 0 Å². The molecule has 2 rings (SSSR count). The molecule has 0 aliphatic carbocycles. The van der Waals surface area contributed by atoms with Crippen LogP contribution in [0.4, 0.5) is 0 Å². The number of benzene rings is 2. The second-order valence-corrected chi connectivity index (χ2v) is 13.1. The summed E-state index contributed by atoms with van der Waals surface area (Å²) in [6, 6.07) is 8.59. The first-order valence-corrected chi connectivity index (χ1v) is 18.0. The molecule has 5 heteroatoms. The third kappa shape index (κ3) is 14.7. The van der Waals surface area contributed by atoms with Crippen LogP contribution in [-0.4, -0.2) is 16.9 Å². The smallest absolute Gasteiger partial charge is 0.336 e. The van der Waals surface area contributed by atoms with Crippen molar-refractivity contribution in [2.45, 2.75) is 155 Å². The van der Waals surface area contributed by atoms with Crippen LogP contribution in [0.3, 0.4) is 0 Å². The van der Waals surface area contributed by atoms with Gasteiger partial charge in [-0.1, -0.05) is 165 Å². The number of halogens is 2. The van der Waals surface area contributed by atoms with E-state index in [0.717, 1.165) is 25.7 Å². The molecule has 0 bridgehead atoms. The minimum absolute atomic E-state index is 0.0780. The topological polar surface area (TPSA) is 54.4 Å². The molecule has 0 aliphatic rings. The van der Waals surface area contributed by atoms with Crippen LogP contribution in [0.2, 0.25) is 10.0 Å². The fourth-order valence-electron chi connectivity index (χ4n) is 5.92. The lowest BCUT2D eigenvalue weighted by Gasteiger charge is -2.13. The average Bonchev–Trinajstić information content (AvgIpc) is 3.00. The summed E-state index contributed by atoms with van der Waals surface area (Å²) in [6.07, 6.45) is 28.0. The summed E-state index contributed by atoms with van der Waals surface area (Å²) in [5, 5.41) is 10.0. The van der Waals surface area contributed by atoms with E-state index >= 15 is 0 Å². The summed E-state index contributed by atoms with van der Waals surface area (Å²) in [7, 11) is 0. The van der Waals surface area contributed by atoms with Gasteiger partial charge in [-0.05, 0) is 55.0 Å². The lowest BCUT2D eigenvalue weighted by atomic mass is 9.91. The number of carbonyl (C=O) groups is 2. The van der Waals surface area contributed by atoms with Crippen molar-refractivity contribution in [3.05, 3.63) is 68.2 Å². The predicted octanol–water partition coefficient (Wildman–Crippen LogP) is 12.8. The second kappa shape index (κ2) is 22.6. The largest absolute Gasteiger partial charge is 0.478 e. The molecular formula is C38H56Cl2O3. The van der Waals surface area contributed by atoms with Gasteiger partial charge in [-0.3, -0.25) is 4.79 Å². The predicted molar refractivity (Wildman–Crippen MR) is 184 cm³/mol. The van der Waals surface area contributed by atoms with E-state index in [1.807, 2.05) is 12.1 Å². The monoisotopic (exact) mass is 630 g/mol. The number of hydrogen-bond acceptors (Lipinski definition) is 2. The van der Waals surface area contributed by atoms with Gasteiger partial charge in [-0.2, -0.15) is 0 Å². The van der Waals surface area contributed by atoms with Gasteiger partial charge in [0.1, 0.15) is 0 Å². The molecule has 0 saturated heterocycles. The van der Waals surface area contributed by atoms with Gasteiger partial charge in [0.15, 0.2) is 5.78 Å². The quantitative estimate of drug-likeness (QED) is 0.0876. The van der Waals surface area contributed by atoms with E-state index in [0.29, 0.717) is 5.56 Å². The molecule has 43 heavy (non-hydrogen) atoms. The molecule has 0 aliphatic heterocycles. The fraction of sp³-hybridized carbons (Fsp3) is 0.632. The van der Waals surface area contributed by atoms with Crippen molar-refractivity contribution in [1.29, 1.82) is 0 Å². The van der Waals surface area contributed by atoms with Gasteiger partial charge in [0.05, 0.1) is 15.6 Å². The summed E-state index contributed by atoms with van der Waals surface area (Å²) >= 11 is 12.2. The molecule has 1 N–H and O–H groups in total. The molecule has 0 saturated carbocycles. The molecule has 0 heterocycles. The van der Waals surface area contributed by atoms with Crippen molar-refractivity contribution >= 4 is 35.0 Å². The van der Waals surface area contributed by atoms with E-state index in [2.05, 4.69) is 19.9 Å². The van der Waals surface area contributed by atoms with Crippen LogP contribution in [0.25, 0.3) is 0 Å². The van der Waals surface area contributed by atoms with Gasteiger partial charge in [-0.15, -0.1) is 0 Å². The summed E-state index contributed by atoms with van der Waals surface area (Å²) in [5.74, 6) is -1.52. The molecule has 0 unspecified atom stereocenters. The zero-order valence-electron chi connectivity index (χ0n) is 27.0. The molecule has 2 aromatic carbocycles. The van der Waals surface area contributed by atoms with Crippen molar-refractivity contribution in [2.75, 3.05) is 0 Å². The standard InChI is InChI=1S/C38H56Cl2O3/c1-3-5-7-9-11-13-15-17-19-21-23-30-25-26-32(37(41)33-28-35(39)36(40)29-34(33)38(42)43)27-31(30)24-22-20-18-16-14-12-10-8-6-4-2/h25-29H,3-24H2,1-2H3,(H,42,43). The van der Waals surface area contributed by atoms with Gasteiger partial charge >= 0.3 is 5.97 Å². The first kappa shape index (κ1) is 37.3. The maximum atomic E-state index is 13.5. The number of unbranched alkanes of at least 4 members (excludes halogenated alkanes) is 18. The maximum Gasteiger partial charge on any atom is 0.336 e. The van der Waals surface area contributed by atoms with E-state index in [-0.39, 0.29) is 27.0 Å². The number of aryl methyl sites for hydroxylation is 2. The number of carboxylic acid groups (broad SMARTS) is 1. The van der Waals surface area contributed by atoms with Gasteiger partial charge in [0.2, 0.25) is 0 Å². The first-order chi connectivity index (χ1) is 20.9. The van der Waals surface area contributed by atoms with Crippen LogP contribution in [-0.2, 0) is 12.8 Å². The fourth-order valence-corrected chi connectivity index (χ4v) is 6.24. The van der Waals surface area contributed by atoms with Gasteiger partial charge in [0.25, 0.3) is 0 Å². The number of hydrogen-bond donors (Lipinski definition) is 1. The minimum Gasteiger partial charge on any atom is -0.478 e. The number of ketones is 1. The Hall–Kier alpha value is -1.84.